The number of halogens is 1. The average Bonchev–Trinajstić information content (AvgIpc) is 2.06. The second-order valence-electron chi connectivity index (χ2n) is 2.07. The highest BCUT2D eigenvalue weighted by Gasteiger charge is 1.97. The number of nitrogens with one attached hydrogen (secondary N) is 1. The average molecular weight is 227 g/mol. The molecule has 0 amide bonds. The zero-order valence-electron chi connectivity index (χ0n) is 6.16. The minimum atomic E-state index is 0.0602. The van der Waals surface area contributed by atoms with Crippen LogP contribution in [0.2, 0.25) is 0 Å². The molecule has 1 aromatic carbocycles. The first-order valence-corrected chi connectivity index (χ1v) is 3.99. The summed E-state index contributed by atoms with van der Waals surface area (Å²) in [5.74, 6) is 4.87. The largest absolute Gasteiger partial charge is 0.305 e. The standard InChI is InChI=1S/C7H7BrN4/c8-6-3-1-5(2-4-6)7(9)11-12-10/h1-4H,(H3,9,10,11). The van der Waals surface area contributed by atoms with Gasteiger partial charge in [0.05, 0.1) is 0 Å². The van der Waals surface area contributed by atoms with Crippen molar-refractivity contribution >= 4 is 21.8 Å². The van der Waals surface area contributed by atoms with E-state index < -0.39 is 0 Å². The minimum Gasteiger partial charge on any atom is -0.305 e. The summed E-state index contributed by atoms with van der Waals surface area (Å²) in [6, 6.07) is 7.19. The molecule has 0 aromatic heterocycles. The van der Waals surface area contributed by atoms with Crippen molar-refractivity contribution in [3.8, 4) is 0 Å². The molecule has 1 aromatic rings. The first kappa shape index (κ1) is 8.86. The van der Waals surface area contributed by atoms with Crippen LogP contribution in [0.15, 0.2) is 39.1 Å². The highest BCUT2D eigenvalue weighted by atomic mass is 79.9. The van der Waals surface area contributed by atoms with Gasteiger partial charge in [-0.25, -0.2) is 0 Å². The van der Waals surface area contributed by atoms with E-state index in [-0.39, 0.29) is 5.84 Å². The number of nitrogens with two attached hydrogens (primary N) is 1. The quantitative estimate of drug-likeness (QED) is 0.249. The molecule has 3 N–H and O–H groups in total. The summed E-state index contributed by atoms with van der Waals surface area (Å²) in [7, 11) is 0. The van der Waals surface area contributed by atoms with Gasteiger partial charge in [-0.2, -0.15) is 0 Å². The molecule has 1 rings (SSSR count). The molecule has 5 heteroatoms. The van der Waals surface area contributed by atoms with Crippen molar-refractivity contribution in [3.05, 3.63) is 34.3 Å². The first-order valence-electron chi connectivity index (χ1n) is 3.19. The van der Waals surface area contributed by atoms with Gasteiger partial charge in [0, 0.05) is 10.0 Å². The van der Waals surface area contributed by atoms with Gasteiger partial charge < -0.3 is 5.84 Å². The molecule has 4 nitrogen and oxygen atoms in total. The molecule has 62 valence electrons. The third kappa shape index (κ3) is 2.13. The maximum atomic E-state index is 7.34. The van der Waals surface area contributed by atoms with Crippen LogP contribution in [-0.2, 0) is 0 Å². The summed E-state index contributed by atoms with van der Waals surface area (Å²) in [5, 5.41) is 13.8. The molecule has 0 aliphatic carbocycles. The minimum absolute atomic E-state index is 0.0602. The van der Waals surface area contributed by atoms with Crippen LogP contribution in [0.1, 0.15) is 5.56 Å². The molecule has 0 aliphatic rings. The number of rotatable bonds is 1. The van der Waals surface area contributed by atoms with Crippen LogP contribution in [0.3, 0.4) is 0 Å². The molecule has 0 unspecified atom stereocenters. The number of benzene rings is 1. The van der Waals surface area contributed by atoms with Gasteiger partial charge in [-0.05, 0) is 12.1 Å². The Morgan fingerprint density at radius 2 is 1.92 bits per heavy atom. The Hall–Kier alpha value is -1.23. The van der Waals surface area contributed by atoms with Gasteiger partial charge in [-0.15, -0.1) is 5.11 Å². The maximum Gasteiger partial charge on any atom is 0.176 e. The second kappa shape index (κ2) is 3.96. The van der Waals surface area contributed by atoms with E-state index in [9.17, 15) is 0 Å². The van der Waals surface area contributed by atoms with Gasteiger partial charge in [0.15, 0.2) is 5.84 Å². The highest BCUT2D eigenvalue weighted by Crippen LogP contribution is 2.10. The Morgan fingerprint density at radius 1 is 1.33 bits per heavy atom. The summed E-state index contributed by atoms with van der Waals surface area (Å²) < 4.78 is 0.962. The fourth-order valence-corrected chi connectivity index (χ4v) is 0.988. The lowest BCUT2D eigenvalue weighted by molar-refractivity contribution is 1.07. The Bertz CT molecular complexity index is 304. The summed E-state index contributed by atoms with van der Waals surface area (Å²) in [5.41, 5.74) is 0.687. The van der Waals surface area contributed by atoms with Crippen LogP contribution in [0, 0.1) is 5.41 Å². The molecule has 0 heterocycles. The van der Waals surface area contributed by atoms with Gasteiger partial charge in [-0.3, -0.25) is 5.41 Å². The van der Waals surface area contributed by atoms with Crippen molar-refractivity contribution < 1.29 is 0 Å². The third-order valence-corrected chi connectivity index (χ3v) is 1.80. The van der Waals surface area contributed by atoms with E-state index in [4.69, 9.17) is 11.3 Å². The lowest BCUT2D eigenvalue weighted by Gasteiger charge is -1.95. The number of nitrogens with zero attached hydrogens (tertiary/aromatic N) is 2. The van der Waals surface area contributed by atoms with E-state index in [1.54, 1.807) is 12.1 Å². The smallest absolute Gasteiger partial charge is 0.176 e. The second-order valence-corrected chi connectivity index (χ2v) is 2.99. The van der Waals surface area contributed by atoms with Crippen molar-refractivity contribution in [1.29, 1.82) is 5.41 Å². The summed E-state index contributed by atoms with van der Waals surface area (Å²) in [4.78, 5) is 0. The molecule has 0 saturated carbocycles. The Morgan fingerprint density at radius 3 is 2.42 bits per heavy atom. The van der Waals surface area contributed by atoms with Crippen molar-refractivity contribution in [3.63, 3.8) is 0 Å². The highest BCUT2D eigenvalue weighted by molar-refractivity contribution is 9.10. The molecule has 0 bridgehead atoms. The molecule has 0 radical (unpaired) electrons. The molecule has 0 spiro atoms. The fourth-order valence-electron chi connectivity index (χ4n) is 0.723. The maximum absolute atomic E-state index is 7.34. The SMILES string of the molecule is N=C(N=NN)c1ccc(Br)cc1. The zero-order valence-corrected chi connectivity index (χ0v) is 7.75. The van der Waals surface area contributed by atoms with E-state index >= 15 is 0 Å². The molecule has 0 aliphatic heterocycles. The van der Waals surface area contributed by atoms with E-state index in [1.807, 2.05) is 12.1 Å². The molecule has 0 fully saturated rings. The van der Waals surface area contributed by atoms with Crippen molar-refractivity contribution in [2.75, 3.05) is 0 Å². The Labute approximate surface area is 78.1 Å². The normalized spacial score (nSPS) is 10.4. The summed E-state index contributed by atoms with van der Waals surface area (Å²) >= 11 is 3.28. The first-order chi connectivity index (χ1) is 5.74. The predicted molar refractivity (Wildman–Crippen MR) is 50.0 cm³/mol. The van der Waals surface area contributed by atoms with E-state index in [1.165, 1.54) is 0 Å². The Balaban J connectivity index is 2.90. The van der Waals surface area contributed by atoms with Crippen LogP contribution in [0.4, 0.5) is 0 Å². The third-order valence-electron chi connectivity index (χ3n) is 1.28. The lowest BCUT2D eigenvalue weighted by atomic mass is 10.2. The molecule has 0 atom stereocenters. The van der Waals surface area contributed by atoms with Crippen LogP contribution in [0.25, 0.3) is 0 Å². The van der Waals surface area contributed by atoms with Crippen molar-refractivity contribution in [2.45, 2.75) is 0 Å². The van der Waals surface area contributed by atoms with Gasteiger partial charge in [0.2, 0.25) is 0 Å². The summed E-state index contributed by atoms with van der Waals surface area (Å²) in [6.45, 7) is 0. The van der Waals surface area contributed by atoms with Crippen molar-refractivity contribution in [1.82, 2.24) is 0 Å². The molecule has 12 heavy (non-hydrogen) atoms. The number of amidine groups is 1. The topological polar surface area (TPSA) is 74.6 Å². The molecule has 0 saturated heterocycles. The van der Waals surface area contributed by atoms with E-state index in [0.29, 0.717) is 5.56 Å². The number of hydrogen-bond donors (Lipinski definition) is 2. The zero-order chi connectivity index (χ0) is 8.97. The van der Waals surface area contributed by atoms with Gasteiger partial charge in [0.1, 0.15) is 0 Å². The summed E-state index contributed by atoms with van der Waals surface area (Å²) in [6.07, 6.45) is 0. The fraction of sp³-hybridized carbons (Fsp3) is 0. The Kier molecular flexibility index (Phi) is 2.93. The van der Waals surface area contributed by atoms with Crippen molar-refractivity contribution in [2.24, 2.45) is 16.2 Å². The molecular formula is C7H7BrN4. The van der Waals surface area contributed by atoms with Gasteiger partial charge in [-0.1, -0.05) is 33.3 Å². The van der Waals surface area contributed by atoms with Crippen LogP contribution in [-0.4, -0.2) is 5.84 Å². The molecular weight excluding hydrogens is 220 g/mol. The monoisotopic (exact) mass is 226 g/mol. The van der Waals surface area contributed by atoms with Crippen LogP contribution >= 0.6 is 15.9 Å². The van der Waals surface area contributed by atoms with Gasteiger partial charge in [0.25, 0.3) is 0 Å². The van der Waals surface area contributed by atoms with E-state index in [0.717, 1.165) is 4.47 Å². The lowest BCUT2D eigenvalue weighted by Crippen LogP contribution is -1.94. The van der Waals surface area contributed by atoms with Crippen LogP contribution in [0.5, 0.6) is 0 Å². The van der Waals surface area contributed by atoms with E-state index in [2.05, 4.69) is 26.3 Å². The predicted octanol–water partition coefficient (Wildman–Crippen LogP) is 2.10. The van der Waals surface area contributed by atoms with Crippen LogP contribution < -0.4 is 5.84 Å². The van der Waals surface area contributed by atoms with Gasteiger partial charge >= 0.3 is 0 Å². The number of hydrogen-bond acceptors (Lipinski definition) is 2.